The lowest BCUT2D eigenvalue weighted by Crippen LogP contribution is -2.33. The van der Waals surface area contributed by atoms with Crippen LogP contribution >= 0.6 is 23.4 Å². The number of halogens is 1. The van der Waals surface area contributed by atoms with Crippen LogP contribution in [0.3, 0.4) is 0 Å². The number of aromatic hydroxyl groups is 1. The molecule has 0 unspecified atom stereocenters. The number of phenolic OH excluding ortho intramolecular Hbond substituents is 1. The molecule has 0 spiro atoms. The highest BCUT2D eigenvalue weighted by Crippen LogP contribution is 2.56. The van der Waals surface area contributed by atoms with E-state index in [1.54, 1.807) is 23.9 Å². The molecule has 3 aromatic rings. The van der Waals surface area contributed by atoms with E-state index in [0.29, 0.717) is 17.4 Å². The Bertz CT molecular complexity index is 1070. The number of piperidine rings is 1. The molecule has 0 saturated carbocycles. The molecule has 1 saturated heterocycles. The number of nitrogens with zero attached hydrogens (tertiary/aromatic N) is 1. The molecule has 0 bridgehead atoms. The Hall–Kier alpha value is -2.34. The minimum atomic E-state index is -0.217. The minimum Gasteiger partial charge on any atom is -0.508 e. The van der Waals surface area contributed by atoms with Crippen LogP contribution in [0.2, 0.25) is 5.02 Å². The summed E-state index contributed by atoms with van der Waals surface area (Å²) in [5, 5.41) is 10.6. The Morgan fingerprint density at radius 2 is 1.73 bits per heavy atom. The van der Waals surface area contributed by atoms with E-state index in [-0.39, 0.29) is 17.1 Å². The standard InChI is InChI=1S/C27H28ClNO3S/c28-23-17-21(30)18-24-27(23)33-26(20-7-3-1-4-8-20)25(32-24)19-9-11-22(12-10-19)31-16-15-29-13-5-2-6-14-29/h1,3-4,7-12,17-18,25-26,30H,2,5-6,13-16H2/t25-,26+/m1/s1. The number of phenols is 1. The Morgan fingerprint density at radius 1 is 0.970 bits per heavy atom. The van der Waals surface area contributed by atoms with Gasteiger partial charge in [0.05, 0.1) is 15.2 Å². The summed E-state index contributed by atoms with van der Waals surface area (Å²) in [5.41, 5.74) is 2.23. The van der Waals surface area contributed by atoms with Crippen LogP contribution < -0.4 is 9.47 Å². The molecule has 33 heavy (non-hydrogen) atoms. The van der Waals surface area contributed by atoms with Crippen molar-refractivity contribution in [3.05, 3.63) is 82.9 Å². The first-order valence-electron chi connectivity index (χ1n) is 11.5. The van der Waals surface area contributed by atoms with Crippen molar-refractivity contribution in [1.82, 2.24) is 4.90 Å². The number of likely N-dealkylation sites (tertiary alicyclic amines) is 1. The van der Waals surface area contributed by atoms with Gasteiger partial charge in [-0.1, -0.05) is 60.5 Å². The fourth-order valence-electron chi connectivity index (χ4n) is 4.50. The molecule has 1 fully saturated rings. The highest BCUT2D eigenvalue weighted by atomic mass is 35.5. The number of thioether (sulfide) groups is 1. The van der Waals surface area contributed by atoms with Crippen LogP contribution in [0.25, 0.3) is 0 Å². The number of hydrogen-bond acceptors (Lipinski definition) is 5. The zero-order valence-corrected chi connectivity index (χ0v) is 20.0. The first-order chi connectivity index (χ1) is 16.2. The molecule has 0 aromatic heterocycles. The Morgan fingerprint density at radius 3 is 2.48 bits per heavy atom. The van der Waals surface area contributed by atoms with E-state index >= 15 is 0 Å². The van der Waals surface area contributed by atoms with E-state index in [1.165, 1.54) is 37.9 Å². The van der Waals surface area contributed by atoms with Crippen LogP contribution in [0, 0.1) is 0 Å². The van der Waals surface area contributed by atoms with E-state index in [0.717, 1.165) is 22.8 Å². The van der Waals surface area contributed by atoms with E-state index < -0.39 is 0 Å². The van der Waals surface area contributed by atoms with Gasteiger partial charge >= 0.3 is 0 Å². The second-order valence-electron chi connectivity index (χ2n) is 8.56. The van der Waals surface area contributed by atoms with Crippen LogP contribution in [-0.4, -0.2) is 36.2 Å². The summed E-state index contributed by atoms with van der Waals surface area (Å²) >= 11 is 8.12. The van der Waals surface area contributed by atoms with Crippen molar-refractivity contribution in [2.75, 3.05) is 26.2 Å². The lowest BCUT2D eigenvalue weighted by Gasteiger charge is -2.34. The smallest absolute Gasteiger partial charge is 0.140 e. The van der Waals surface area contributed by atoms with Crippen molar-refractivity contribution < 1.29 is 14.6 Å². The second kappa shape index (κ2) is 10.3. The van der Waals surface area contributed by atoms with Crippen LogP contribution in [0.1, 0.15) is 41.7 Å². The quantitative estimate of drug-likeness (QED) is 0.415. The van der Waals surface area contributed by atoms with Crippen LogP contribution in [0.5, 0.6) is 17.2 Å². The Balaban J connectivity index is 1.34. The monoisotopic (exact) mass is 481 g/mol. The summed E-state index contributed by atoms with van der Waals surface area (Å²) in [7, 11) is 0. The fraction of sp³-hybridized carbons (Fsp3) is 0.333. The SMILES string of the molecule is Oc1cc(Cl)c2c(c1)O[C@H](c1ccc(OCCN3CCCCC3)cc1)[C@H](c1ccccc1)S2. The molecule has 0 amide bonds. The Kier molecular flexibility index (Phi) is 7.00. The number of rotatable bonds is 6. The minimum absolute atomic E-state index is 0.0339. The largest absolute Gasteiger partial charge is 0.508 e. The predicted molar refractivity (Wildman–Crippen MR) is 134 cm³/mol. The van der Waals surface area contributed by atoms with Gasteiger partial charge in [-0.2, -0.15) is 0 Å². The van der Waals surface area contributed by atoms with Gasteiger partial charge in [0.25, 0.3) is 0 Å². The van der Waals surface area contributed by atoms with Gasteiger partial charge in [-0.05, 0) is 55.3 Å². The first-order valence-corrected chi connectivity index (χ1v) is 12.8. The van der Waals surface area contributed by atoms with Gasteiger partial charge in [0.2, 0.25) is 0 Å². The molecule has 172 valence electrons. The third kappa shape index (κ3) is 5.26. The van der Waals surface area contributed by atoms with Crippen molar-refractivity contribution in [3.8, 4) is 17.2 Å². The van der Waals surface area contributed by atoms with Crippen molar-refractivity contribution in [2.45, 2.75) is 35.5 Å². The third-order valence-corrected chi connectivity index (χ3v) is 8.07. The van der Waals surface area contributed by atoms with Gasteiger partial charge in [0.15, 0.2) is 0 Å². The molecule has 3 aromatic carbocycles. The fourth-order valence-corrected chi connectivity index (χ4v) is 6.12. The van der Waals surface area contributed by atoms with Crippen molar-refractivity contribution in [2.24, 2.45) is 0 Å². The van der Waals surface area contributed by atoms with Crippen molar-refractivity contribution in [1.29, 1.82) is 0 Å². The van der Waals surface area contributed by atoms with Crippen molar-refractivity contribution in [3.63, 3.8) is 0 Å². The molecular weight excluding hydrogens is 454 g/mol. The van der Waals surface area contributed by atoms with Crippen LogP contribution in [0.4, 0.5) is 0 Å². The first kappa shape index (κ1) is 22.5. The maximum Gasteiger partial charge on any atom is 0.140 e. The lowest BCUT2D eigenvalue weighted by atomic mass is 10.00. The molecule has 0 radical (unpaired) electrons. The Labute approximate surface area is 204 Å². The topological polar surface area (TPSA) is 41.9 Å². The van der Waals surface area contributed by atoms with Gasteiger partial charge in [0, 0.05) is 12.6 Å². The number of ether oxygens (including phenoxy) is 2. The number of fused-ring (bicyclic) bond motifs is 1. The van der Waals surface area contributed by atoms with E-state index in [2.05, 4.69) is 29.2 Å². The van der Waals surface area contributed by atoms with Crippen LogP contribution in [-0.2, 0) is 0 Å². The van der Waals surface area contributed by atoms with E-state index in [9.17, 15) is 5.11 Å². The average Bonchev–Trinajstić information content (AvgIpc) is 2.85. The number of benzene rings is 3. The molecule has 2 heterocycles. The summed E-state index contributed by atoms with van der Waals surface area (Å²) in [6.07, 6.45) is 3.72. The summed E-state index contributed by atoms with van der Waals surface area (Å²) in [6, 6.07) is 21.7. The maximum absolute atomic E-state index is 10.0. The van der Waals surface area contributed by atoms with Crippen molar-refractivity contribution >= 4 is 23.4 Å². The molecule has 4 nitrogen and oxygen atoms in total. The molecule has 5 rings (SSSR count). The van der Waals surface area contributed by atoms with Gasteiger partial charge in [-0.25, -0.2) is 0 Å². The molecule has 0 aliphatic carbocycles. The lowest BCUT2D eigenvalue weighted by molar-refractivity contribution is 0.182. The summed E-state index contributed by atoms with van der Waals surface area (Å²) < 4.78 is 12.4. The molecular formula is C27H28ClNO3S. The highest BCUT2D eigenvalue weighted by Gasteiger charge is 2.35. The summed E-state index contributed by atoms with van der Waals surface area (Å²) in [6.45, 7) is 4.04. The summed E-state index contributed by atoms with van der Waals surface area (Å²) in [4.78, 5) is 3.34. The van der Waals surface area contributed by atoms with Gasteiger partial charge in [0.1, 0.15) is 30.0 Å². The van der Waals surface area contributed by atoms with E-state index in [4.69, 9.17) is 21.1 Å². The zero-order chi connectivity index (χ0) is 22.6. The molecule has 6 heteroatoms. The normalized spacial score (nSPS) is 20.6. The van der Waals surface area contributed by atoms with Gasteiger partial charge < -0.3 is 14.6 Å². The summed E-state index contributed by atoms with van der Waals surface area (Å²) in [5.74, 6) is 1.59. The van der Waals surface area contributed by atoms with Gasteiger partial charge in [-0.3, -0.25) is 4.90 Å². The molecule has 1 N–H and O–H groups in total. The average molecular weight is 482 g/mol. The number of hydrogen-bond donors (Lipinski definition) is 1. The van der Waals surface area contributed by atoms with E-state index in [1.807, 2.05) is 30.3 Å². The highest BCUT2D eigenvalue weighted by molar-refractivity contribution is 7.99. The third-order valence-electron chi connectivity index (χ3n) is 6.23. The van der Waals surface area contributed by atoms with Gasteiger partial charge in [-0.15, -0.1) is 11.8 Å². The second-order valence-corrected chi connectivity index (χ2v) is 10.1. The molecule has 2 atom stereocenters. The zero-order valence-electron chi connectivity index (χ0n) is 18.5. The predicted octanol–water partition coefficient (Wildman–Crippen LogP) is 6.88. The maximum atomic E-state index is 10.0. The molecule has 2 aliphatic rings. The van der Waals surface area contributed by atoms with Crippen LogP contribution in [0.15, 0.2) is 71.6 Å². The molecule has 2 aliphatic heterocycles.